The maximum atomic E-state index is 12.0. The fourth-order valence-corrected chi connectivity index (χ4v) is 2.70. The highest BCUT2D eigenvalue weighted by molar-refractivity contribution is 7.17. The molecule has 6 nitrogen and oxygen atoms in total. The zero-order valence-corrected chi connectivity index (χ0v) is 11.2. The van der Waals surface area contributed by atoms with Gasteiger partial charge in [-0.25, -0.2) is 9.78 Å². The summed E-state index contributed by atoms with van der Waals surface area (Å²) in [6, 6.07) is 3.46. The first-order chi connectivity index (χ1) is 9.70. The van der Waals surface area contributed by atoms with Crippen LogP contribution in [0.25, 0.3) is 21.6 Å². The number of rotatable bonds is 2. The minimum atomic E-state index is -0.505. The van der Waals surface area contributed by atoms with Crippen molar-refractivity contribution in [2.75, 3.05) is 7.11 Å². The largest absolute Gasteiger partial charge is 0.465 e. The molecule has 0 saturated heterocycles. The van der Waals surface area contributed by atoms with E-state index in [0.717, 1.165) is 5.56 Å². The molecule has 0 fully saturated rings. The molecular formula is C13H9N3O3S. The van der Waals surface area contributed by atoms with Crippen molar-refractivity contribution in [3.63, 3.8) is 0 Å². The number of esters is 1. The molecule has 3 rings (SSSR count). The number of carbonyl (C=O) groups excluding carboxylic acids is 1. The average molecular weight is 287 g/mol. The number of H-pyrrole nitrogens is 1. The van der Waals surface area contributed by atoms with Crippen LogP contribution in [0.1, 0.15) is 10.4 Å². The predicted octanol–water partition coefficient (Wildman–Crippen LogP) is 1.83. The van der Waals surface area contributed by atoms with Crippen molar-refractivity contribution in [2.45, 2.75) is 0 Å². The number of methoxy groups -OCH3 is 1. The fourth-order valence-electron chi connectivity index (χ4n) is 1.83. The lowest BCUT2D eigenvalue weighted by atomic mass is 10.2. The van der Waals surface area contributed by atoms with E-state index in [0.29, 0.717) is 21.6 Å². The molecule has 20 heavy (non-hydrogen) atoms. The number of carbonyl (C=O) groups is 1. The summed E-state index contributed by atoms with van der Waals surface area (Å²) >= 11 is 1.17. The van der Waals surface area contributed by atoms with Gasteiger partial charge in [-0.3, -0.25) is 9.78 Å². The molecule has 1 N–H and O–H groups in total. The third kappa shape index (κ3) is 1.97. The number of aromatic nitrogens is 3. The first-order valence-corrected chi connectivity index (χ1v) is 6.59. The summed E-state index contributed by atoms with van der Waals surface area (Å²) in [4.78, 5) is 34.7. The van der Waals surface area contributed by atoms with Gasteiger partial charge in [0.1, 0.15) is 16.0 Å². The molecule has 0 aliphatic heterocycles. The minimum Gasteiger partial charge on any atom is -0.465 e. The molecule has 0 unspecified atom stereocenters. The minimum absolute atomic E-state index is 0.276. The van der Waals surface area contributed by atoms with Crippen molar-refractivity contribution < 1.29 is 9.53 Å². The van der Waals surface area contributed by atoms with E-state index < -0.39 is 5.97 Å². The molecule has 0 radical (unpaired) electrons. The van der Waals surface area contributed by atoms with E-state index in [-0.39, 0.29) is 5.56 Å². The summed E-state index contributed by atoms with van der Waals surface area (Å²) in [5, 5.41) is 1.58. The standard InChI is InChI=1S/C13H9N3O3S/c1-19-13(18)8-6-20-10-9(8)15-11(16-12(10)17)7-2-4-14-5-3-7/h2-6H,1H3,(H,15,16,17). The molecule has 0 aromatic carbocycles. The van der Waals surface area contributed by atoms with Crippen molar-refractivity contribution in [3.05, 3.63) is 45.8 Å². The monoisotopic (exact) mass is 287 g/mol. The Bertz CT molecular complexity index is 839. The lowest BCUT2D eigenvalue weighted by Gasteiger charge is -2.01. The van der Waals surface area contributed by atoms with Crippen LogP contribution in [0, 0.1) is 0 Å². The molecule has 0 aliphatic carbocycles. The normalized spacial score (nSPS) is 10.7. The summed E-state index contributed by atoms with van der Waals surface area (Å²) in [7, 11) is 1.29. The van der Waals surface area contributed by atoms with E-state index in [4.69, 9.17) is 4.74 Å². The number of hydrogen-bond donors (Lipinski definition) is 1. The van der Waals surface area contributed by atoms with E-state index in [1.807, 2.05) is 0 Å². The van der Waals surface area contributed by atoms with Gasteiger partial charge in [-0.2, -0.15) is 0 Å². The maximum Gasteiger partial charge on any atom is 0.340 e. The second-order valence-electron chi connectivity index (χ2n) is 3.97. The second kappa shape index (κ2) is 4.86. The maximum absolute atomic E-state index is 12.0. The Hall–Kier alpha value is -2.54. The van der Waals surface area contributed by atoms with Crippen molar-refractivity contribution in [3.8, 4) is 11.4 Å². The molecule has 7 heteroatoms. The van der Waals surface area contributed by atoms with E-state index in [1.54, 1.807) is 29.9 Å². The summed E-state index contributed by atoms with van der Waals surface area (Å²) in [6.07, 6.45) is 3.21. The van der Waals surface area contributed by atoms with Crippen LogP contribution in [0.2, 0.25) is 0 Å². The Morgan fingerprint density at radius 3 is 2.80 bits per heavy atom. The Balaban J connectivity index is 2.27. The van der Waals surface area contributed by atoms with Gasteiger partial charge in [0.05, 0.1) is 12.7 Å². The number of pyridine rings is 1. The molecule has 0 spiro atoms. The topological polar surface area (TPSA) is 84.9 Å². The molecule has 0 bridgehead atoms. The van der Waals surface area contributed by atoms with Crippen LogP contribution in [0.15, 0.2) is 34.7 Å². The molecule has 3 aromatic rings. The highest BCUT2D eigenvalue weighted by Gasteiger charge is 2.17. The zero-order valence-electron chi connectivity index (χ0n) is 10.4. The Morgan fingerprint density at radius 1 is 1.35 bits per heavy atom. The number of nitrogens with one attached hydrogen (secondary N) is 1. The van der Waals surface area contributed by atoms with Crippen molar-refractivity contribution >= 4 is 27.5 Å². The summed E-state index contributed by atoms with van der Waals surface area (Å²) < 4.78 is 5.10. The van der Waals surface area contributed by atoms with Gasteiger partial charge in [0.2, 0.25) is 0 Å². The van der Waals surface area contributed by atoms with E-state index in [2.05, 4.69) is 15.0 Å². The average Bonchev–Trinajstić information content (AvgIpc) is 2.92. The smallest absolute Gasteiger partial charge is 0.340 e. The Kier molecular flexibility index (Phi) is 3.03. The van der Waals surface area contributed by atoms with Gasteiger partial charge < -0.3 is 9.72 Å². The lowest BCUT2D eigenvalue weighted by molar-refractivity contribution is 0.0603. The van der Waals surface area contributed by atoms with Crippen LogP contribution in [0.4, 0.5) is 0 Å². The Morgan fingerprint density at radius 2 is 2.10 bits per heavy atom. The van der Waals surface area contributed by atoms with Crippen LogP contribution in [0.3, 0.4) is 0 Å². The molecule has 100 valence electrons. The quantitative estimate of drug-likeness (QED) is 0.727. The highest BCUT2D eigenvalue weighted by Crippen LogP contribution is 2.24. The van der Waals surface area contributed by atoms with Crippen LogP contribution in [-0.4, -0.2) is 28.0 Å². The van der Waals surface area contributed by atoms with Gasteiger partial charge in [-0.1, -0.05) is 0 Å². The predicted molar refractivity (Wildman–Crippen MR) is 74.8 cm³/mol. The first kappa shape index (κ1) is 12.5. The van der Waals surface area contributed by atoms with Crippen LogP contribution < -0.4 is 5.56 Å². The molecule has 0 atom stereocenters. The number of ether oxygens (including phenoxy) is 1. The van der Waals surface area contributed by atoms with E-state index in [9.17, 15) is 9.59 Å². The van der Waals surface area contributed by atoms with Gasteiger partial charge in [-0.05, 0) is 12.1 Å². The molecule has 0 aliphatic rings. The molecule has 3 aromatic heterocycles. The van der Waals surface area contributed by atoms with Crippen LogP contribution in [-0.2, 0) is 4.74 Å². The molecule has 3 heterocycles. The number of fused-ring (bicyclic) bond motifs is 1. The van der Waals surface area contributed by atoms with Gasteiger partial charge in [-0.15, -0.1) is 11.3 Å². The van der Waals surface area contributed by atoms with Crippen molar-refractivity contribution in [1.29, 1.82) is 0 Å². The third-order valence-corrected chi connectivity index (χ3v) is 3.75. The number of thiophene rings is 1. The lowest BCUT2D eigenvalue weighted by Crippen LogP contribution is -2.09. The SMILES string of the molecule is COC(=O)c1csc2c(=O)[nH]c(-c3ccncc3)nc12. The molecular weight excluding hydrogens is 278 g/mol. The van der Waals surface area contributed by atoms with Gasteiger partial charge in [0, 0.05) is 23.3 Å². The molecule has 0 saturated carbocycles. The number of hydrogen-bond acceptors (Lipinski definition) is 6. The third-order valence-electron chi connectivity index (χ3n) is 2.79. The molecule has 0 amide bonds. The Labute approximate surface area is 117 Å². The van der Waals surface area contributed by atoms with E-state index in [1.165, 1.54) is 18.4 Å². The summed E-state index contributed by atoms with van der Waals surface area (Å²) in [6.45, 7) is 0. The van der Waals surface area contributed by atoms with Crippen molar-refractivity contribution in [2.24, 2.45) is 0 Å². The van der Waals surface area contributed by atoms with Crippen LogP contribution >= 0.6 is 11.3 Å². The number of nitrogens with zero attached hydrogens (tertiary/aromatic N) is 2. The van der Waals surface area contributed by atoms with Gasteiger partial charge in [0.25, 0.3) is 5.56 Å². The highest BCUT2D eigenvalue weighted by atomic mass is 32.1. The number of aromatic amines is 1. The fraction of sp³-hybridized carbons (Fsp3) is 0.0769. The van der Waals surface area contributed by atoms with Crippen LogP contribution in [0.5, 0.6) is 0 Å². The summed E-state index contributed by atoms with van der Waals surface area (Å²) in [5.41, 5.74) is 1.11. The van der Waals surface area contributed by atoms with Gasteiger partial charge in [0.15, 0.2) is 0 Å². The van der Waals surface area contributed by atoms with E-state index >= 15 is 0 Å². The summed E-state index contributed by atoms with van der Waals surface area (Å²) in [5.74, 6) is -0.108. The van der Waals surface area contributed by atoms with Gasteiger partial charge >= 0.3 is 5.97 Å². The zero-order chi connectivity index (χ0) is 14.1. The first-order valence-electron chi connectivity index (χ1n) is 5.71. The second-order valence-corrected chi connectivity index (χ2v) is 4.85. The van der Waals surface area contributed by atoms with Crippen molar-refractivity contribution in [1.82, 2.24) is 15.0 Å².